The summed E-state index contributed by atoms with van der Waals surface area (Å²) in [6.07, 6.45) is -1.03. The Labute approximate surface area is 96.4 Å². The van der Waals surface area contributed by atoms with Crippen LogP contribution in [0.1, 0.15) is 18.5 Å². The lowest BCUT2D eigenvalue weighted by Crippen LogP contribution is -2.24. The molecule has 0 fully saturated rings. The highest BCUT2D eigenvalue weighted by molar-refractivity contribution is 9.10. The van der Waals surface area contributed by atoms with Gasteiger partial charge in [-0.25, -0.2) is 4.79 Å². The summed E-state index contributed by atoms with van der Waals surface area (Å²) >= 11 is 3.34. The molecule has 1 amide bonds. The average molecular weight is 274 g/mol. The largest absolute Gasteiger partial charge is 0.496 e. The number of hydrogen-bond acceptors (Lipinski definition) is 2. The van der Waals surface area contributed by atoms with Gasteiger partial charge in [0, 0.05) is 0 Å². The molecule has 0 aromatic heterocycles. The molecular formula is C10H12BrNO3. The Bertz CT molecular complexity index is 368. The molecular weight excluding hydrogens is 262 g/mol. The van der Waals surface area contributed by atoms with Crippen LogP contribution in [0.5, 0.6) is 5.75 Å². The molecule has 0 bridgehead atoms. The summed E-state index contributed by atoms with van der Waals surface area (Å²) < 4.78 is 5.88. The Hall–Kier alpha value is -1.23. The Kier molecular flexibility index (Phi) is 3.96. The van der Waals surface area contributed by atoms with Gasteiger partial charge in [0.05, 0.1) is 17.6 Å². The van der Waals surface area contributed by atoms with E-state index in [1.54, 1.807) is 20.1 Å². The lowest BCUT2D eigenvalue weighted by molar-refractivity contribution is 0.191. The summed E-state index contributed by atoms with van der Waals surface area (Å²) in [6, 6.07) is 5.20. The van der Waals surface area contributed by atoms with E-state index in [0.717, 1.165) is 15.8 Å². The first-order valence-electron chi connectivity index (χ1n) is 4.37. The number of rotatable bonds is 3. The minimum Gasteiger partial charge on any atom is -0.496 e. The summed E-state index contributed by atoms with van der Waals surface area (Å²) in [5, 5.41) is 10.9. The molecule has 82 valence electrons. The van der Waals surface area contributed by atoms with E-state index in [0.29, 0.717) is 0 Å². The van der Waals surface area contributed by atoms with Crippen molar-refractivity contribution in [3.05, 3.63) is 28.2 Å². The van der Waals surface area contributed by atoms with Gasteiger partial charge in [-0.1, -0.05) is 6.07 Å². The number of ether oxygens (including phenoxy) is 1. The topological polar surface area (TPSA) is 58.6 Å². The van der Waals surface area contributed by atoms with Crippen LogP contribution in [0.25, 0.3) is 0 Å². The molecule has 4 nitrogen and oxygen atoms in total. The number of amides is 1. The quantitative estimate of drug-likeness (QED) is 0.891. The maximum absolute atomic E-state index is 10.4. The van der Waals surface area contributed by atoms with Crippen molar-refractivity contribution >= 4 is 22.0 Å². The fourth-order valence-corrected chi connectivity index (χ4v) is 1.78. The number of hydrogen-bond donors (Lipinski definition) is 2. The smallest absolute Gasteiger partial charge is 0.405 e. The van der Waals surface area contributed by atoms with Crippen molar-refractivity contribution in [3.8, 4) is 5.75 Å². The van der Waals surface area contributed by atoms with Crippen LogP contribution in [0.4, 0.5) is 4.79 Å². The molecule has 2 N–H and O–H groups in total. The summed E-state index contributed by atoms with van der Waals surface area (Å²) in [5.74, 6) is 0.723. The van der Waals surface area contributed by atoms with Gasteiger partial charge in [-0.3, -0.25) is 0 Å². The molecule has 0 saturated carbocycles. The Morgan fingerprint density at radius 1 is 1.60 bits per heavy atom. The molecule has 0 spiro atoms. The van der Waals surface area contributed by atoms with Gasteiger partial charge in [0.1, 0.15) is 5.75 Å². The molecule has 1 atom stereocenters. The average Bonchev–Trinajstić information content (AvgIpc) is 2.16. The lowest BCUT2D eigenvalue weighted by Gasteiger charge is -2.13. The van der Waals surface area contributed by atoms with E-state index in [9.17, 15) is 4.79 Å². The molecule has 5 heteroatoms. The number of nitrogens with one attached hydrogen (secondary N) is 1. The van der Waals surface area contributed by atoms with Gasteiger partial charge in [-0.2, -0.15) is 0 Å². The third kappa shape index (κ3) is 3.13. The van der Waals surface area contributed by atoms with E-state index in [2.05, 4.69) is 21.2 Å². The van der Waals surface area contributed by atoms with Gasteiger partial charge in [0.25, 0.3) is 0 Å². The fourth-order valence-electron chi connectivity index (χ4n) is 1.22. The van der Waals surface area contributed by atoms with Gasteiger partial charge >= 0.3 is 6.09 Å². The predicted molar refractivity (Wildman–Crippen MR) is 60.3 cm³/mol. The summed E-state index contributed by atoms with van der Waals surface area (Å²) in [4.78, 5) is 10.4. The summed E-state index contributed by atoms with van der Waals surface area (Å²) in [6.45, 7) is 1.78. The highest BCUT2D eigenvalue weighted by Gasteiger charge is 2.09. The fraction of sp³-hybridized carbons (Fsp3) is 0.300. The highest BCUT2D eigenvalue weighted by Crippen LogP contribution is 2.27. The summed E-state index contributed by atoms with van der Waals surface area (Å²) in [7, 11) is 1.58. The van der Waals surface area contributed by atoms with Crippen LogP contribution in [0.2, 0.25) is 0 Å². The van der Waals surface area contributed by atoms with Gasteiger partial charge in [-0.15, -0.1) is 0 Å². The van der Waals surface area contributed by atoms with Crippen molar-refractivity contribution < 1.29 is 14.6 Å². The van der Waals surface area contributed by atoms with Crippen molar-refractivity contribution in [1.29, 1.82) is 0 Å². The van der Waals surface area contributed by atoms with Crippen LogP contribution < -0.4 is 10.1 Å². The molecule has 0 aliphatic rings. The predicted octanol–water partition coefficient (Wildman–Crippen LogP) is 2.79. The number of benzene rings is 1. The lowest BCUT2D eigenvalue weighted by atomic mass is 10.1. The molecule has 0 unspecified atom stereocenters. The number of carboxylic acid groups (broad SMARTS) is 1. The zero-order valence-corrected chi connectivity index (χ0v) is 10.0. The van der Waals surface area contributed by atoms with E-state index in [4.69, 9.17) is 9.84 Å². The third-order valence-corrected chi connectivity index (χ3v) is 2.64. The van der Waals surface area contributed by atoms with Crippen LogP contribution >= 0.6 is 15.9 Å². The molecule has 15 heavy (non-hydrogen) atoms. The second-order valence-corrected chi connectivity index (χ2v) is 3.92. The Balaban J connectivity index is 2.87. The van der Waals surface area contributed by atoms with Crippen LogP contribution in [0.15, 0.2) is 22.7 Å². The standard InChI is InChI=1S/C10H12BrNO3/c1-6(12-10(13)14)7-3-4-9(15-2)8(11)5-7/h3-6,12H,1-2H3,(H,13,14)/t6-/m1/s1. The Morgan fingerprint density at radius 3 is 2.73 bits per heavy atom. The molecule has 0 radical (unpaired) electrons. The van der Waals surface area contributed by atoms with E-state index in [-0.39, 0.29) is 6.04 Å². The zero-order valence-electron chi connectivity index (χ0n) is 8.45. The van der Waals surface area contributed by atoms with Crippen molar-refractivity contribution in [2.45, 2.75) is 13.0 Å². The molecule has 0 saturated heterocycles. The zero-order chi connectivity index (χ0) is 11.4. The van der Waals surface area contributed by atoms with E-state index in [1.807, 2.05) is 12.1 Å². The van der Waals surface area contributed by atoms with Crippen molar-refractivity contribution in [1.82, 2.24) is 5.32 Å². The van der Waals surface area contributed by atoms with Gasteiger partial charge in [-0.05, 0) is 40.5 Å². The van der Waals surface area contributed by atoms with Gasteiger partial charge in [0.15, 0.2) is 0 Å². The first-order valence-corrected chi connectivity index (χ1v) is 5.16. The molecule has 1 rings (SSSR count). The minimum absolute atomic E-state index is 0.246. The second kappa shape index (κ2) is 5.02. The highest BCUT2D eigenvalue weighted by atomic mass is 79.9. The normalized spacial score (nSPS) is 11.9. The van der Waals surface area contributed by atoms with Crippen molar-refractivity contribution in [2.24, 2.45) is 0 Å². The van der Waals surface area contributed by atoms with Crippen molar-refractivity contribution in [2.75, 3.05) is 7.11 Å². The molecule has 0 aliphatic heterocycles. The van der Waals surface area contributed by atoms with Gasteiger partial charge < -0.3 is 15.2 Å². The molecule has 1 aromatic carbocycles. The number of methoxy groups -OCH3 is 1. The molecule has 0 aliphatic carbocycles. The van der Waals surface area contributed by atoms with E-state index in [1.165, 1.54) is 0 Å². The molecule has 0 heterocycles. The first-order chi connectivity index (χ1) is 7.04. The second-order valence-electron chi connectivity index (χ2n) is 3.07. The van der Waals surface area contributed by atoms with Gasteiger partial charge in [0.2, 0.25) is 0 Å². The Morgan fingerprint density at radius 2 is 2.27 bits per heavy atom. The monoisotopic (exact) mass is 273 g/mol. The van der Waals surface area contributed by atoms with Crippen molar-refractivity contribution in [3.63, 3.8) is 0 Å². The van der Waals surface area contributed by atoms with Crippen LogP contribution in [-0.2, 0) is 0 Å². The van der Waals surface area contributed by atoms with Crippen LogP contribution in [0, 0.1) is 0 Å². The number of carbonyl (C=O) groups is 1. The van der Waals surface area contributed by atoms with Crippen LogP contribution in [-0.4, -0.2) is 18.3 Å². The van der Waals surface area contributed by atoms with E-state index < -0.39 is 6.09 Å². The minimum atomic E-state index is -1.03. The SMILES string of the molecule is COc1ccc([C@@H](C)NC(=O)O)cc1Br. The summed E-state index contributed by atoms with van der Waals surface area (Å²) in [5.41, 5.74) is 0.880. The first kappa shape index (κ1) is 11.8. The number of halogens is 1. The molecule has 1 aromatic rings. The van der Waals surface area contributed by atoms with E-state index >= 15 is 0 Å². The maximum Gasteiger partial charge on any atom is 0.405 e. The maximum atomic E-state index is 10.4. The third-order valence-electron chi connectivity index (χ3n) is 2.02. The van der Waals surface area contributed by atoms with Crippen LogP contribution in [0.3, 0.4) is 0 Å².